The van der Waals surface area contributed by atoms with Crippen LogP contribution in [-0.2, 0) is 0 Å². The quantitative estimate of drug-likeness (QED) is 0.440. The number of rotatable bonds is 4. The lowest BCUT2D eigenvalue weighted by Crippen LogP contribution is -2.18. The van der Waals surface area contributed by atoms with Crippen LogP contribution in [0.4, 0.5) is 10.8 Å². The van der Waals surface area contributed by atoms with E-state index in [0.717, 1.165) is 15.8 Å². The molecule has 0 atom stereocenters. The average molecular weight is 422 g/mol. The van der Waals surface area contributed by atoms with Crippen molar-refractivity contribution in [3.8, 4) is 0 Å². The van der Waals surface area contributed by atoms with Gasteiger partial charge in [0.1, 0.15) is 0 Å². The Labute approximate surface area is 176 Å². The molecule has 0 bridgehead atoms. The summed E-state index contributed by atoms with van der Waals surface area (Å²) < 4.78 is 1.00. The smallest absolute Gasteiger partial charge is 0.259 e. The van der Waals surface area contributed by atoms with Gasteiger partial charge in [0.15, 0.2) is 5.13 Å². The Morgan fingerprint density at radius 3 is 2.41 bits per heavy atom. The molecule has 0 aliphatic heterocycles. The zero-order valence-corrected chi connectivity index (χ0v) is 17.0. The molecule has 29 heavy (non-hydrogen) atoms. The maximum Gasteiger partial charge on any atom is 0.259 e. The number of nitrogens with zero attached hydrogens (tertiary/aromatic N) is 1. The fraction of sp³-hybridized carbons (Fsp3) is 0.0455. The maximum atomic E-state index is 12.8. The minimum absolute atomic E-state index is 0.322. The monoisotopic (exact) mass is 421 g/mol. The van der Waals surface area contributed by atoms with Gasteiger partial charge in [-0.25, -0.2) is 4.98 Å². The summed E-state index contributed by atoms with van der Waals surface area (Å²) in [6.45, 7) is 1.98. The zero-order valence-electron chi connectivity index (χ0n) is 15.4. The minimum Gasteiger partial charge on any atom is -0.321 e. The van der Waals surface area contributed by atoms with E-state index in [1.54, 1.807) is 48.5 Å². The van der Waals surface area contributed by atoms with Crippen LogP contribution in [0.2, 0.25) is 5.02 Å². The molecule has 5 nitrogen and oxygen atoms in total. The van der Waals surface area contributed by atoms with Crippen LogP contribution >= 0.6 is 22.9 Å². The van der Waals surface area contributed by atoms with Gasteiger partial charge in [-0.05, 0) is 55.0 Å². The molecule has 0 spiro atoms. The number of para-hydroxylation sites is 2. The topological polar surface area (TPSA) is 71.1 Å². The summed E-state index contributed by atoms with van der Waals surface area (Å²) in [6.07, 6.45) is 0. The fourth-order valence-electron chi connectivity index (χ4n) is 2.89. The molecular weight excluding hydrogens is 406 g/mol. The summed E-state index contributed by atoms with van der Waals surface area (Å²) in [6, 6.07) is 19.3. The highest BCUT2D eigenvalue weighted by molar-refractivity contribution is 7.22. The number of hydrogen-bond donors (Lipinski definition) is 2. The predicted molar refractivity (Wildman–Crippen MR) is 118 cm³/mol. The molecule has 7 heteroatoms. The van der Waals surface area contributed by atoms with Crippen LogP contribution in [0.15, 0.2) is 66.7 Å². The molecule has 0 aliphatic carbocycles. The second-order valence-electron chi connectivity index (χ2n) is 6.40. The number of hydrogen-bond acceptors (Lipinski definition) is 4. The lowest BCUT2D eigenvalue weighted by atomic mass is 10.1. The molecule has 1 aromatic heterocycles. The predicted octanol–water partition coefficient (Wildman–Crippen LogP) is 5.76. The summed E-state index contributed by atoms with van der Waals surface area (Å²) in [7, 11) is 0. The number of anilines is 2. The minimum atomic E-state index is -0.339. The number of thiazole rings is 1. The second-order valence-corrected chi connectivity index (χ2v) is 7.87. The number of carbonyl (C=O) groups excluding carboxylic acids is 2. The van der Waals surface area contributed by atoms with Crippen LogP contribution in [0.1, 0.15) is 26.3 Å². The van der Waals surface area contributed by atoms with E-state index < -0.39 is 0 Å². The first-order valence-corrected chi connectivity index (χ1v) is 10.0. The summed E-state index contributed by atoms with van der Waals surface area (Å²) in [5.41, 5.74) is 3.14. The van der Waals surface area contributed by atoms with Crippen LogP contribution in [0.5, 0.6) is 0 Å². The standard InChI is InChI=1S/C22H16ClN3O2S/c1-13-5-4-8-18-19(13)25-22(29-18)26-21(28)16-6-2-3-7-17(16)24-20(27)14-9-11-15(23)12-10-14/h2-12H,1H3,(H,24,27)(H,25,26,28). The summed E-state index contributed by atoms with van der Waals surface area (Å²) >= 11 is 7.28. The molecule has 0 aliphatic rings. The van der Waals surface area contributed by atoms with Crippen molar-refractivity contribution in [2.45, 2.75) is 6.92 Å². The van der Waals surface area contributed by atoms with Gasteiger partial charge in [0.05, 0.1) is 21.5 Å². The summed E-state index contributed by atoms with van der Waals surface area (Å²) in [5.74, 6) is -0.661. The Hall–Kier alpha value is -3.22. The van der Waals surface area contributed by atoms with Gasteiger partial charge in [0.2, 0.25) is 0 Å². The van der Waals surface area contributed by atoms with Crippen LogP contribution in [0.25, 0.3) is 10.2 Å². The highest BCUT2D eigenvalue weighted by Gasteiger charge is 2.16. The molecule has 2 N–H and O–H groups in total. The maximum absolute atomic E-state index is 12.8. The number of carbonyl (C=O) groups is 2. The molecule has 0 saturated heterocycles. The van der Waals surface area contributed by atoms with Crippen LogP contribution in [-0.4, -0.2) is 16.8 Å². The number of halogens is 1. The number of nitrogens with one attached hydrogen (secondary N) is 2. The van der Waals surface area contributed by atoms with Crippen molar-refractivity contribution in [3.63, 3.8) is 0 Å². The second kappa shape index (κ2) is 8.03. The van der Waals surface area contributed by atoms with Gasteiger partial charge in [-0.2, -0.15) is 0 Å². The van der Waals surface area contributed by atoms with Gasteiger partial charge in [-0.15, -0.1) is 0 Å². The molecule has 0 unspecified atom stereocenters. The van der Waals surface area contributed by atoms with E-state index in [1.165, 1.54) is 11.3 Å². The third-order valence-corrected chi connectivity index (χ3v) is 5.56. The van der Waals surface area contributed by atoms with Crippen LogP contribution in [0.3, 0.4) is 0 Å². The molecule has 4 rings (SSSR count). The highest BCUT2D eigenvalue weighted by Crippen LogP contribution is 2.28. The van der Waals surface area contributed by atoms with Gasteiger partial charge in [0.25, 0.3) is 11.8 Å². The lowest BCUT2D eigenvalue weighted by molar-refractivity contribution is 0.102. The molecule has 3 aromatic carbocycles. The molecule has 1 heterocycles. The zero-order chi connectivity index (χ0) is 20.4. The van der Waals surface area contributed by atoms with E-state index in [9.17, 15) is 9.59 Å². The molecule has 144 valence electrons. The number of aromatic nitrogens is 1. The van der Waals surface area contributed by atoms with E-state index in [2.05, 4.69) is 15.6 Å². The van der Waals surface area contributed by atoms with Crippen molar-refractivity contribution in [3.05, 3.63) is 88.4 Å². The number of benzene rings is 3. The van der Waals surface area contributed by atoms with Gasteiger partial charge in [-0.1, -0.05) is 47.2 Å². The Balaban J connectivity index is 1.56. The van der Waals surface area contributed by atoms with Gasteiger partial charge in [0, 0.05) is 10.6 Å². The Kier molecular flexibility index (Phi) is 5.29. The van der Waals surface area contributed by atoms with E-state index in [-0.39, 0.29) is 11.8 Å². The van der Waals surface area contributed by atoms with Gasteiger partial charge >= 0.3 is 0 Å². The third kappa shape index (κ3) is 4.13. The van der Waals surface area contributed by atoms with Crippen molar-refractivity contribution in [1.82, 2.24) is 4.98 Å². The molecule has 0 radical (unpaired) electrons. The fourth-order valence-corrected chi connectivity index (χ4v) is 3.95. The average Bonchev–Trinajstić information content (AvgIpc) is 3.12. The molecule has 4 aromatic rings. The summed E-state index contributed by atoms with van der Waals surface area (Å²) in [4.78, 5) is 29.9. The first-order chi connectivity index (χ1) is 14.0. The first kappa shape index (κ1) is 19.1. The number of amides is 2. The van der Waals surface area contributed by atoms with Crippen molar-refractivity contribution in [2.75, 3.05) is 10.6 Å². The summed E-state index contributed by atoms with van der Waals surface area (Å²) in [5, 5.41) is 6.68. The lowest BCUT2D eigenvalue weighted by Gasteiger charge is -2.10. The molecular formula is C22H16ClN3O2S. The van der Waals surface area contributed by atoms with Gasteiger partial charge in [-0.3, -0.25) is 14.9 Å². The van der Waals surface area contributed by atoms with E-state index in [0.29, 0.717) is 27.0 Å². The SMILES string of the molecule is Cc1cccc2sc(NC(=O)c3ccccc3NC(=O)c3ccc(Cl)cc3)nc12. The Bertz CT molecular complexity index is 1220. The third-order valence-electron chi connectivity index (χ3n) is 4.37. The highest BCUT2D eigenvalue weighted by atomic mass is 35.5. The molecule has 0 fully saturated rings. The first-order valence-electron chi connectivity index (χ1n) is 8.85. The number of aryl methyl sites for hydroxylation is 1. The van der Waals surface area contributed by atoms with Crippen molar-refractivity contribution in [2.24, 2.45) is 0 Å². The van der Waals surface area contributed by atoms with Crippen LogP contribution in [0, 0.1) is 6.92 Å². The van der Waals surface area contributed by atoms with Crippen molar-refractivity contribution in [1.29, 1.82) is 0 Å². The van der Waals surface area contributed by atoms with Crippen LogP contribution < -0.4 is 10.6 Å². The Morgan fingerprint density at radius 1 is 0.897 bits per heavy atom. The largest absolute Gasteiger partial charge is 0.321 e. The Morgan fingerprint density at radius 2 is 1.66 bits per heavy atom. The van der Waals surface area contributed by atoms with Crippen molar-refractivity contribution < 1.29 is 9.59 Å². The van der Waals surface area contributed by atoms with E-state index in [1.807, 2.05) is 25.1 Å². The normalized spacial score (nSPS) is 10.7. The molecule has 0 saturated carbocycles. The van der Waals surface area contributed by atoms with Gasteiger partial charge < -0.3 is 5.32 Å². The number of fused-ring (bicyclic) bond motifs is 1. The van der Waals surface area contributed by atoms with E-state index in [4.69, 9.17) is 11.6 Å². The van der Waals surface area contributed by atoms with Crippen molar-refractivity contribution >= 4 is 55.8 Å². The van der Waals surface area contributed by atoms with E-state index >= 15 is 0 Å². The molecule has 2 amide bonds.